The van der Waals surface area contributed by atoms with E-state index in [4.69, 9.17) is 0 Å². The number of aromatic nitrogens is 3. The van der Waals surface area contributed by atoms with Crippen LogP contribution in [-0.4, -0.2) is 32.6 Å². The van der Waals surface area contributed by atoms with E-state index in [0.29, 0.717) is 17.5 Å². The summed E-state index contributed by atoms with van der Waals surface area (Å²) >= 11 is 1.91. The van der Waals surface area contributed by atoms with Crippen molar-refractivity contribution in [3.63, 3.8) is 0 Å². The maximum absolute atomic E-state index is 4.52. The van der Waals surface area contributed by atoms with Gasteiger partial charge < -0.3 is 5.32 Å². The molecule has 0 aliphatic heterocycles. The van der Waals surface area contributed by atoms with Crippen LogP contribution in [0.15, 0.2) is 24.4 Å². The molecule has 0 amide bonds. The Hall–Kier alpha value is -1.07. The Kier molecular flexibility index (Phi) is 4.33. The van der Waals surface area contributed by atoms with Crippen molar-refractivity contribution in [2.75, 3.05) is 12.0 Å². The van der Waals surface area contributed by atoms with Crippen LogP contribution in [-0.2, 0) is 0 Å². The minimum absolute atomic E-state index is 0.308. The number of fused-ring (bicyclic) bond motifs is 1. The first kappa shape index (κ1) is 15.5. The second kappa shape index (κ2) is 6.44. The molecule has 0 aromatic carbocycles. The van der Waals surface area contributed by atoms with Crippen LogP contribution in [0, 0.1) is 5.41 Å². The fourth-order valence-electron chi connectivity index (χ4n) is 4.50. The fraction of sp³-hybridized carbons (Fsp3) is 0.667. The summed E-state index contributed by atoms with van der Waals surface area (Å²) in [6, 6.07) is 7.10. The topological polar surface area (TPSA) is 42.2 Å². The van der Waals surface area contributed by atoms with E-state index in [1.807, 2.05) is 23.9 Å². The van der Waals surface area contributed by atoms with Crippen LogP contribution in [0.5, 0.6) is 0 Å². The molecular formula is C18H26N4S. The average molecular weight is 331 g/mol. The second-order valence-electron chi connectivity index (χ2n) is 7.15. The van der Waals surface area contributed by atoms with Gasteiger partial charge >= 0.3 is 0 Å². The van der Waals surface area contributed by atoms with Crippen molar-refractivity contribution in [1.29, 1.82) is 0 Å². The van der Waals surface area contributed by atoms with Crippen LogP contribution in [0.25, 0.3) is 5.65 Å². The van der Waals surface area contributed by atoms with E-state index in [-0.39, 0.29) is 0 Å². The minimum atomic E-state index is 0.308. The molecule has 2 aliphatic carbocycles. The number of nitrogens with one attached hydrogen (secondary N) is 1. The van der Waals surface area contributed by atoms with Gasteiger partial charge in [-0.15, -0.1) is 10.2 Å². The van der Waals surface area contributed by atoms with Gasteiger partial charge in [0.05, 0.1) is 6.04 Å². The molecule has 23 heavy (non-hydrogen) atoms. The predicted octanol–water partition coefficient (Wildman–Crippen LogP) is 3.84. The molecule has 0 saturated heterocycles. The molecule has 0 radical (unpaired) electrons. The fourth-order valence-corrected chi connectivity index (χ4v) is 4.97. The zero-order valence-corrected chi connectivity index (χ0v) is 14.7. The van der Waals surface area contributed by atoms with E-state index in [1.165, 1.54) is 38.5 Å². The number of nitrogens with zero attached hydrogens (tertiary/aromatic N) is 3. The lowest BCUT2D eigenvalue weighted by atomic mass is 9.63. The Morgan fingerprint density at radius 2 is 2.17 bits per heavy atom. The summed E-state index contributed by atoms with van der Waals surface area (Å²) in [5, 5.41) is 12.8. The summed E-state index contributed by atoms with van der Waals surface area (Å²) in [5.41, 5.74) is 1.54. The Bertz CT molecular complexity index is 662. The lowest BCUT2D eigenvalue weighted by Gasteiger charge is -2.49. The van der Waals surface area contributed by atoms with Gasteiger partial charge in [-0.2, -0.15) is 11.8 Å². The molecule has 2 heterocycles. The largest absolute Gasteiger partial charge is 0.304 e. The van der Waals surface area contributed by atoms with Gasteiger partial charge in [0.1, 0.15) is 0 Å². The zero-order chi connectivity index (χ0) is 15.7. The SMILES string of the molecule is CSCC[C@@H](N[C@@H]1CCC12CCCC2)c1nnc2ccccn12. The summed E-state index contributed by atoms with van der Waals surface area (Å²) in [7, 11) is 0. The van der Waals surface area contributed by atoms with Crippen molar-refractivity contribution >= 4 is 17.4 Å². The van der Waals surface area contributed by atoms with Gasteiger partial charge in [0.2, 0.25) is 0 Å². The minimum Gasteiger partial charge on any atom is -0.304 e. The van der Waals surface area contributed by atoms with Gasteiger partial charge in [0.15, 0.2) is 11.5 Å². The van der Waals surface area contributed by atoms with E-state index in [0.717, 1.165) is 23.6 Å². The molecule has 4 nitrogen and oxygen atoms in total. The number of thioether (sulfide) groups is 1. The lowest BCUT2D eigenvalue weighted by Crippen LogP contribution is -2.53. The Morgan fingerprint density at radius 1 is 1.30 bits per heavy atom. The predicted molar refractivity (Wildman–Crippen MR) is 95.8 cm³/mol. The number of hydrogen-bond acceptors (Lipinski definition) is 4. The Labute approximate surface area is 142 Å². The molecule has 2 aromatic heterocycles. The molecule has 124 valence electrons. The van der Waals surface area contributed by atoms with Crippen molar-refractivity contribution in [3.8, 4) is 0 Å². The molecule has 0 bridgehead atoms. The molecule has 2 fully saturated rings. The summed E-state index contributed by atoms with van der Waals surface area (Å²) in [4.78, 5) is 0. The Morgan fingerprint density at radius 3 is 2.91 bits per heavy atom. The first-order chi connectivity index (χ1) is 11.3. The Balaban J connectivity index is 1.57. The van der Waals surface area contributed by atoms with Gasteiger partial charge in [-0.25, -0.2) is 0 Å². The highest BCUT2D eigenvalue weighted by molar-refractivity contribution is 7.98. The molecule has 1 spiro atoms. The van der Waals surface area contributed by atoms with Crippen LogP contribution in [0.1, 0.15) is 56.8 Å². The van der Waals surface area contributed by atoms with Gasteiger partial charge in [-0.3, -0.25) is 4.40 Å². The normalized spacial score (nSPS) is 24.1. The molecule has 5 heteroatoms. The molecular weight excluding hydrogens is 304 g/mol. The quantitative estimate of drug-likeness (QED) is 0.874. The molecule has 2 saturated carbocycles. The van der Waals surface area contributed by atoms with Crippen molar-refractivity contribution < 1.29 is 0 Å². The summed E-state index contributed by atoms with van der Waals surface area (Å²) in [6.45, 7) is 0. The molecule has 2 atom stereocenters. The zero-order valence-electron chi connectivity index (χ0n) is 13.9. The second-order valence-corrected chi connectivity index (χ2v) is 8.13. The number of pyridine rings is 1. The first-order valence-electron chi connectivity index (χ1n) is 8.87. The maximum Gasteiger partial charge on any atom is 0.160 e. The monoisotopic (exact) mass is 330 g/mol. The molecule has 1 N–H and O–H groups in total. The highest BCUT2D eigenvalue weighted by Crippen LogP contribution is 2.53. The van der Waals surface area contributed by atoms with Crippen molar-refractivity contribution in [2.45, 2.75) is 57.0 Å². The van der Waals surface area contributed by atoms with Gasteiger partial charge in [0, 0.05) is 12.2 Å². The average Bonchev–Trinajstić information content (AvgIpc) is 3.22. The smallest absolute Gasteiger partial charge is 0.160 e. The number of hydrogen-bond donors (Lipinski definition) is 1. The first-order valence-corrected chi connectivity index (χ1v) is 10.3. The van der Waals surface area contributed by atoms with Crippen LogP contribution in [0.4, 0.5) is 0 Å². The van der Waals surface area contributed by atoms with Crippen LogP contribution in [0.3, 0.4) is 0 Å². The molecule has 2 aliphatic rings. The maximum atomic E-state index is 4.52. The third kappa shape index (κ3) is 2.78. The highest BCUT2D eigenvalue weighted by Gasteiger charge is 2.48. The molecule has 2 aromatic rings. The standard InChI is InChI=1S/C18H26N4S/c1-23-13-8-14(17-21-20-16-6-2-5-12-22(16)17)19-15-7-11-18(15)9-3-4-10-18/h2,5-6,12,14-15,19H,3-4,7-11,13H2,1H3/t14-,15-/m1/s1. The van der Waals surface area contributed by atoms with E-state index in [9.17, 15) is 0 Å². The van der Waals surface area contributed by atoms with Crippen LogP contribution >= 0.6 is 11.8 Å². The molecule has 4 rings (SSSR count). The summed E-state index contributed by atoms with van der Waals surface area (Å²) in [5.74, 6) is 2.23. The van der Waals surface area contributed by atoms with E-state index in [2.05, 4.69) is 38.4 Å². The third-order valence-electron chi connectivity index (χ3n) is 5.93. The van der Waals surface area contributed by atoms with E-state index < -0.39 is 0 Å². The molecule has 0 unspecified atom stereocenters. The summed E-state index contributed by atoms with van der Waals surface area (Å²) < 4.78 is 2.15. The van der Waals surface area contributed by atoms with Crippen molar-refractivity contribution in [1.82, 2.24) is 19.9 Å². The van der Waals surface area contributed by atoms with Crippen molar-refractivity contribution in [2.24, 2.45) is 5.41 Å². The van der Waals surface area contributed by atoms with E-state index >= 15 is 0 Å². The van der Waals surface area contributed by atoms with E-state index in [1.54, 1.807) is 0 Å². The lowest BCUT2D eigenvalue weighted by molar-refractivity contribution is 0.0620. The highest BCUT2D eigenvalue weighted by atomic mass is 32.2. The van der Waals surface area contributed by atoms with Gasteiger partial charge in [0.25, 0.3) is 0 Å². The summed E-state index contributed by atoms with van der Waals surface area (Å²) in [6.07, 6.45) is 13.8. The van der Waals surface area contributed by atoms with Gasteiger partial charge in [-0.1, -0.05) is 18.9 Å². The van der Waals surface area contributed by atoms with Crippen molar-refractivity contribution in [3.05, 3.63) is 30.2 Å². The van der Waals surface area contributed by atoms with Crippen LogP contribution in [0.2, 0.25) is 0 Å². The third-order valence-corrected chi connectivity index (χ3v) is 6.58. The van der Waals surface area contributed by atoms with Crippen LogP contribution < -0.4 is 5.32 Å². The number of rotatable bonds is 6. The van der Waals surface area contributed by atoms with Gasteiger partial charge in [-0.05, 0) is 61.7 Å².